The fourth-order valence-electron chi connectivity index (χ4n) is 2.61. The zero-order valence-electron chi connectivity index (χ0n) is 8.08. The van der Waals surface area contributed by atoms with Crippen LogP contribution in [0.15, 0.2) is 0 Å². The molecule has 1 heterocycles. The van der Waals surface area contributed by atoms with Crippen molar-refractivity contribution in [3.63, 3.8) is 0 Å². The van der Waals surface area contributed by atoms with Gasteiger partial charge in [0.15, 0.2) is 0 Å². The molecular weight excluding hydrogens is 182 g/mol. The van der Waals surface area contributed by atoms with Gasteiger partial charge in [0, 0.05) is 6.54 Å². The Kier molecular flexibility index (Phi) is 2.21. The van der Waals surface area contributed by atoms with Gasteiger partial charge >= 0.3 is 5.97 Å². The standard InChI is InChI=1S/C10H15NO3/c12-8(13)7-1-3-10(4-2-7)5-6-11-9(10)14/h7H,1-6H2,(H,11,14)(H,12,13). The summed E-state index contributed by atoms with van der Waals surface area (Å²) in [6.07, 6.45) is 3.69. The van der Waals surface area contributed by atoms with Gasteiger partial charge in [-0.2, -0.15) is 0 Å². The van der Waals surface area contributed by atoms with Crippen LogP contribution in [0, 0.1) is 11.3 Å². The lowest BCUT2D eigenvalue weighted by molar-refractivity contribution is -0.145. The fourth-order valence-corrected chi connectivity index (χ4v) is 2.61. The monoisotopic (exact) mass is 197 g/mol. The summed E-state index contributed by atoms with van der Waals surface area (Å²) in [5.41, 5.74) is -0.216. The Labute approximate surface area is 82.7 Å². The van der Waals surface area contributed by atoms with E-state index in [1.54, 1.807) is 0 Å². The van der Waals surface area contributed by atoms with Crippen LogP contribution in [0.5, 0.6) is 0 Å². The van der Waals surface area contributed by atoms with E-state index in [9.17, 15) is 9.59 Å². The Morgan fingerprint density at radius 2 is 2.00 bits per heavy atom. The van der Waals surface area contributed by atoms with Gasteiger partial charge in [-0.15, -0.1) is 0 Å². The molecule has 1 aliphatic carbocycles. The molecule has 4 nitrogen and oxygen atoms in total. The van der Waals surface area contributed by atoms with Crippen LogP contribution in [-0.2, 0) is 9.59 Å². The van der Waals surface area contributed by atoms with E-state index >= 15 is 0 Å². The van der Waals surface area contributed by atoms with Gasteiger partial charge < -0.3 is 10.4 Å². The number of carboxylic acid groups (broad SMARTS) is 1. The first-order valence-corrected chi connectivity index (χ1v) is 5.15. The van der Waals surface area contributed by atoms with Gasteiger partial charge in [-0.05, 0) is 32.1 Å². The molecule has 1 aliphatic heterocycles. The molecule has 78 valence electrons. The average molecular weight is 197 g/mol. The van der Waals surface area contributed by atoms with E-state index in [4.69, 9.17) is 5.11 Å². The molecule has 1 spiro atoms. The topological polar surface area (TPSA) is 66.4 Å². The normalized spacial score (nSPS) is 37.1. The molecule has 0 unspecified atom stereocenters. The number of carbonyl (C=O) groups is 2. The number of carboxylic acids is 1. The highest BCUT2D eigenvalue weighted by atomic mass is 16.4. The molecule has 1 saturated carbocycles. The van der Waals surface area contributed by atoms with Gasteiger partial charge in [-0.3, -0.25) is 9.59 Å². The number of amides is 1. The van der Waals surface area contributed by atoms with Crippen LogP contribution in [0.25, 0.3) is 0 Å². The minimum atomic E-state index is -0.710. The summed E-state index contributed by atoms with van der Waals surface area (Å²) in [6, 6.07) is 0. The minimum absolute atomic E-state index is 0.140. The van der Waals surface area contributed by atoms with Crippen molar-refractivity contribution in [1.29, 1.82) is 0 Å². The molecule has 1 saturated heterocycles. The third kappa shape index (κ3) is 1.38. The maximum atomic E-state index is 11.6. The second-order valence-corrected chi connectivity index (χ2v) is 4.40. The molecular formula is C10H15NO3. The summed E-state index contributed by atoms with van der Waals surface area (Å²) >= 11 is 0. The second-order valence-electron chi connectivity index (χ2n) is 4.40. The van der Waals surface area contributed by atoms with E-state index in [1.165, 1.54) is 0 Å². The zero-order chi connectivity index (χ0) is 10.2. The summed E-state index contributed by atoms with van der Waals surface area (Å²) in [6.45, 7) is 0.760. The van der Waals surface area contributed by atoms with Crippen LogP contribution in [0.4, 0.5) is 0 Å². The van der Waals surface area contributed by atoms with E-state index in [-0.39, 0.29) is 17.2 Å². The van der Waals surface area contributed by atoms with Crippen molar-refractivity contribution in [2.75, 3.05) is 6.54 Å². The van der Waals surface area contributed by atoms with E-state index < -0.39 is 5.97 Å². The quantitative estimate of drug-likeness (QED) is 0.652. The molecule has 2 rings (SSSR count). The number of rotatable bonds is 1. The molecule has 14 heavy (non-hydrogen) atoms. The van der Waals surface area contributed by atoms with Gasteiger partial charge in [0.1, 0.15) is 0 Å². The highest BCUT2D eigenvalue weighted by molar-refractivity contribution is 5.85. The van der Waals surface area contributed by atoms with E-state index in [0.29, 0.717) is 12.8 Å². The van der Waals surface area contributed by atoms with Crippen molar-refractivity contribution >= 4 is 11.9 Å². The van der Waals surface area contributed by atoms with Crippen molar-refractivity contribution in [2.24, 2.45) is 11.3 Å². The SMILES string of the molecule is O=C(O)C1CCC2(CCNC2=O)CC1. The van der Waals surface area contributed by atoms with Crippen LogP contribution in [0.3, 0.4) is 0 Å². The molecule has 2 aliphatic rings. The largest absolute Gasteiger partial charge is 0.481 e. The number of aliphatic carboxylic acids is 1. The molecule has 0 aromatic heterocycles. The maximum absolute atomic E-state index is 11.6. The number of carbonyl (C=O) groups excluding carboxylic acids is 1. The first kappa shape index (κ1) is 9.49. The maximum Gasteiger partial charge on any atom is 0.306 e. The van der Waals surface area contributed by atoms with Gasteiger partial charge in [-0.25, -0.2) is 0 Å². The molecule has 4 heteroatoms. The molecule has 2 N–H and O–H groups in total. The number of nitrogens with one attached hydrogen (secondary N) is 1. The summed E-state index contributed by atoms with van der Waals surface area (Å²) in [7, 11) is 0. The van der Waals surface area contributed by atoms with Crippen LogP contribution in [0.1, 0.15) is 32.1 Å². The fraction of sp³-hybridized carbons (Fsp3) is 0.800. The predicted octanol–water partition coefficient (Wildman–Crippen LogP) is 0.767. The van der Waals surface area contributed by atoms with Crippen molar-refractivity contribution in [1.82, 2.24) is 5.32 Å². The van der Waals surface area contributed by atoms with Gasteiger partial charge in [-0.1, -0.05) is 0 Å². The van der Waals surface area contributed by atoms with Gasteiger partial charge in [0.25, 0.3) is 0 Å². The smallest absolute Gasteiger partial charge is 0.306 e. The van der Waals surface area contributed by atoms with Crippen LogP contribution in [-0.4, -0.2) is 23.5 Å². The lowest BCUT2D eigenvalue weighted by Crippen LogP contribution is -2.36. The van der Waals surface area contributed by atoms with Gasteiger partial charge in [0.2, 0.25) is 5.91 Å². The molecule has 0 radical (unpaired) electrons. The summed E-state index contributed by atoms with van der Waals surface area (Å²) in [5.74, 6) is -0.798. The zero-order valence-corrected chi connectivity index (χ0v) is 8.08. The highest BCUT2D eigenvalue weighted by Crippen LogP contribution is 2.43. The predicted molar refractivity (Wildman–Crippen MR) is 49.7 cm³/mol. The number of hydrogen-bond donors (Lipinski definition) is 2. The number of hydrogen-bond acceptors (Lipinski definition) is 2. The lowest BCUT2D eigenvalue weighted by Gasteiger charge is -2.33. The highest BCUT2D eigenvalue weighted by Gasteiger charge is 2.45. The summed E-state index contributed by atoms with van der Waals surface area (Å²) in [4.78, 5) is 22.3. The van der Waals surface area contributed by atoms with Crippen LogP contribution >= 0.6 is 0 Å². The summed E-state index contributed by atoms with van der Waals surface area (Å²) < 4.78 is 0. The van der Waals surface area contributed by atoms with Gasteiger partial charge in [0.05, 0.1) is 11.3 Å². The first-order valence-electron chi connectivity index (χ1n) is 5.15. The first-order chi connectivity index (χ1) is 6.64. The van der Waals surface area contributed by atoms with Crippen molar-refractivity contribution in [3.05, 3.63) is 0 Å². The Hall–Kier alpha value is -1.06. The minimum Gasteiger partial charge on any atom is -0.481 e. The Bertz CT molecular complexity index is 267. The molecule has 2 fully saturated rings. The third-order valence-corrected chi connectivity index (χ3v) is 3.66. The van der Waals surface area contributed by atoms with E-state index in [2.05, 4.69) is 5.32 Å². The van der Waals surface area contributed by atoms with Crippen LogP contribution < -0.4 is 5.32 Å². The Balaban J connectivity index is 2.01. The van der Waals surface area contributed by atoms with Crippen molar-refractivity contribution in [2.45, 2.75) is 32.1 Å². The van der Waals surface area contributed by atoms with Crippen molar-refractivity contribution in [3.8, 4) is 0 Å². The molecule has 0 aromatic rings. The molecule has 0 atom stereocenters. The Morgan fingerprint density at radius 3 is 2.43 bits per heavy atom. The average Bonchev–Trinajstić information content (AvgIpc) is 2.49. The Morgan fingerprint density at radius 1 is 1.36 bits per heavy atom. The molecule has 1 amide bonds. The van der Waals surface area contributed by atoms with Crippen LogP contribution in [0.2, 0.25) is 0 Å². The van der Waals surface area contributed by atoms with Crippen molar-refractivity contribution < 1.29 is 14.7 Å². The molecule has 0 bridgehead atoms. The molecule has 0 aromatic carbocycles. The van der Waals surface area contributed by atoms with E-state index in [0.717, 1.165) is 25.8 Å². The lowest BCUT2D eigenvalue weighted by atomic mass is 9.69. The third-order valence-electron chi connectivity index (χ3n) is 3.66. The second kappa shape index (κ2) is 3.26. The van der Waals surface area contributed by atoms with E-state index in [1.807, 2.05) is 0 Å². The summed E-state index contributed by atoms with van der Waals surface area (Å²) in [5, 5.41) is 11.7.